The van der Waals surface area contributed by atoms with E-state index in [4.69, 9.17) is 0 Å². The quantitative estimate of drug-likeness (QED) is 0.780. The summed E-state index contributed by atoms with van der Waals surface area (Å²) in [6, 6.07) is 2.77. The Morgan fingerprint density at radius 1 is 1.12 bits per heavy atom. The second-order valence-electron chi connectivity index (χ2n) is 10.3. The number of nitrogens with one attached hydrogen (secondary N) is 1. The minimum Gasteiger partial charge on any atom is -0.324 e. The maximum atomic E-state index is 12.9. The topological polar surface area (TPSA) is 78.0 Å². The maximum Gasteiger partial charge on any atom is 0.433 e. The van der Waals surface area contributed by atoms with Crippen LogP contribution in [0.4, 0.5) is 18.0 Å². The van der Waals surface area contributed by atoms with Crippen LogP contribution < -0.4 is 0 Å². The molecule has 5 fully saturated rings. The van der Waals surface area contributed by atoms with E-state index in [0.717, 1.165) is 69.2 Å². The summed E-state index contributed by atoms with van der Waals surface area (Å²) in [5.41, 5.74) is 0.612. The number of aromatic nitrogens is 4. The molecule has 0 radical (unpaired) electrons. The Balaban J connectivity index is 0.980. The van der Waals surface area contributed by atoms with Gasteiger partial charge in [0.1, 0.15) is 17.8 Å². The average Bonchev–Trinajstić information content (AvgIpc) is 3.34. The minimum absolute atomic E-state index is 0.125. The second kappa shape index (κ2) is 6.68. The van der Waals surface area contributed by atoms with Crippen LogP contribution in [0.25, 0.3) is 0 Å². The fraction of sp³-hybridized carbons (Fsp3) is 0.636. The molecule has 5 aliphatic rings. The number of hydrogen-bond acceptors (Lipinski definition) is 4. The number of likely N-dealkylation sites (tertiary alicyclic amines) is 2. The molecule has 3 saturated carbocycles. The first-order valence-electron chi connectivity index (χ1n) is 11.2. The third-order valence-corrected chi connectivity index (χ3v) is 8.17. The number of rotatable bonds is 4. The highest BCUT2D eigenvalue weighted by atomic mass is 19.4. The molecule has 2 aromatic rings. The molecule has 1 atom stereocenters. The lowest BCUT2D eigenvalue weighted by Crippen LogP contribution is -2.72. The first-order chi connectivity index (χ1) is 15.3. The third-order valence-electron chi connectivity index (χ3n) is 8.17. The van der Waals surface area contributed by atoms with E-state index < -0.39 is 11.9 Å². The summed E-state index contributed by atoms with van der Waals surface area (Å²) in [6.45, 7) is 3.08. The van der Waals surface area contributed by atoms with Crippen molar-refractivity contribution in [1.29, 1.82) is 0 Å². The summed E-state index contributed by atoms with van der Waals surface area (Å²) >= 11 is 0. The van der Waals surface area contributed by atoms with Crippen molar-refractivity contribution in [3.63, 3.8) is 0 Å². The number of amides is 2. The number of alkyl halides is 3. The van der Waals surface area contributed by atoms with E-state index in [-0.39, 0.29) is 17.4 Å². The lowest BCUT2D eigenvalue weighted by atomic mass is 9.30. The van der Waals surface area contributed by atoms with Gasteiger partial charge >= 0.3 is 12.2 Å². The van der Waals surface area contributed by atoms with Crippen molar-refractivity contribution in [3.8, 4) is 0 Å². The molecule has 7 nitrogen and oxygen atoms in total. The monoisotopic (exact) mass is 446 g/mol. The van der Waals surface area contributed by atoms with E-state index in [9.17, 15) is 18.0 Å². The molecular formula is C22H25F3N6O. The summed E-state index contributed by atoms with van der Waals surface area (Å²) in [7, 11) is 0. The summed E-state index contributed by atoms with van der Waals surface area (Å²) < 4.78 is 38.1. The molecule has 0 unspecified atom stereocenters. The van der Waals surface area contributed by atoms with Crippen LogP contribution in [-0.2, 0) is 12.6 Å². The number of carbonyl (C=O) groups is 1. The molecule has 3 aliphatic carbocycles. The number of hydrogen-bond donors (Lipinski definition) is 1. The largest absolute Gasteiger partial charge is 0.433 e. The van der Waals surface area contributed by atoms with E-state index >= 15 is 0 Å². The zero-order chi connectivity index (χ0) is 22.1. The number of halogens is 3. The molecule has 170 valence electrons. The number of H-pyrrole nitrogens is 1. The molecular weight excluding hydrogens is 421 g/mol. The number of carbonyl (C=O) groups excluding carboxylic acids is 1. The van der Waals surface area contributed by atoms with E-state index in [2.05, 4.69) is 20.2 Å². The Labute approximate surface area is 183 Å². The standard InChI is InChI=1S/C22H25F3N6O/c23-22(24,25)17-2-1-14(6-26-17)5-20-10-21(11-20,12-20)16-8-31(9-16)19(32)30-4-3-15(7-30)18-27-13-28-29-18/h1-2,6,13,15-16H,3-5,7-12H2,(H,27,28,29)/t15-,20?,21?/m0/s1. The molecule has 1 N–H and O–H groups in total. The Kier molecular flexibility index (Phi) is 4.17. The van der Waals surface area contributed by atoms with Crippen LogP contribution in [0.1, 0.15) is 48.7 Å². The molecule has 7 rings (SSSR count). The van der Waals surface area contributed by atoms with Crippen molar-refractivity contribution in [2.75, 3.05) is 26.2 Å². The highest BCUT2D eigenvalue weighted by Crippen LogP contribution is 2.78. The smallest absolute Gasteiger partial charge is 0.324 e. The van der Waals surface area contributed by atoms with Gasteiger partial charge in [0.15, 0.2) is 0 Å². The predicted molar refractivity (Wildman–Crippen MR) is 107 cm³/mol. The molecule has 32 heavy (non-hydrogen) atoms. The Hall–Kier alpha value is -2.65. The van der Waals surface area contributed by atoms with Crippen molar-refractivity contribution in [2.24, 2.45) is 16.7 Å². The number of pyridine rings is 1. The predicted octanol–water partition coefficient (Wildman–Crippen LogP) is 3.47. The van der Waals surface area contributed by atoms with Gasteiger partial charge in [0, 0.05) is 38.3 Å². The summed E-state index contributed by atoms with van der Waals surface area (Å²) in [6.07, 6.45) is 3.54. The lowest BCUT2D eigenvalue weighted by Gasteiger charge is -2.76. The van der Waals surface area contributed by atoms with E-state index in [1.807, 2.05) is 9.80 Å². The molecule has 2 aromatic heterocycles. The van der Waals surface area contributed by atoms with E-state index in [1.54, 1.807) is 6.07 Å². The van der Waals surface area contributed by atoms with E-state index in [1.165, 1.54) is 12.5 Å². The molecule has 2 amide bonds. The van der Waals surface area contributed by atoms with Gasteiger partial charge in [-0.05, 0) is 60.5 Å². The maximum absolute atomic E-state index is 12.9. The van der Waals surface area contributed by atoms with Crippen LogP contribution in [-0.4, -0.2) is 62.2 Å². The average molecular weight is 446 g/mol. The summed E-state index contributed by atoms with van der Waals surface area (Å²) in [5, 5.41) is 6.81. The fourth-order valence-electron chi connectivity index (χ4n) is 6.63. The van der Waals surface area contributed by atoms with Crippen molar-refractivity contribution >= 4 is 6.03 Å². The van der Waals surface area contributed by atoms with Crippen molar-refractivity contribution in [2.45, 2.75) is 44.2 Å². The Morgan fingerprint density at radius 2 is 1.91 bits per heavy atom. The molecule has 0 aromatic carbocycles. The first kappa shape index (κ1) is 20.0. The molecule has 10 heteroatoms. The van der Waals surface area contributed by atoms with Gasteiger partial charge in [-0.1, -0.05) is 6.07 Å². The van der Waals surface area contributed by atoms with Crippen LogP contribution >= 0.6 is 0 Å². The zero-order valence-corrected chi connectivity index (χ0v) is 17.6. The Bertz CT molecular complexity index is 996. The highest BCUT2D eigenvalue weighted by molar-refractivity contribution is 5.76. The summed E-state index contributed by atoms with van der Waals surface area (Å²) in [5.74, 6) is 1.63. The minimum atomic E-state index is -4.39. The van der Waals surface area contributed by atoms with Crippen molar-refractivity contribution in [1.82, 2.24) is 30.0 Å². The first-order valence-corrected chi connectivity index (χ1v) is 11.2. The van der Waals surface area contributed by atoms with Gasteiger partial charge in [0.05, 0.1) is 0 Å². The fourth-order valence-corrected chi connectivity index (χ4v) is 6.63. The van der Waals surface area contributed by atoms with Gasteiger partial charge in [0.2, 0.25) is 0 Å². The highest BCUT2D eigenvalue weighted by Gasteiger charge is 2.71. The van der Waals surface area contributed by atoms with Crippen molar-refractivity contribution < 1.29 is 18.0 Å². The molecule has 2 bridgehead atoms. The molecule has 2 saturated heterocycles. The van der Waals surface area contributed by atoms with Crippen LogP contribution in [0.5, 0.6) is 0 Å². The van der Waals surface area contributed by atoms with Crippen LogP contribution in [0.15, 0.2) is 24.7 Å². The Morgan fingerprint density at radius 3 is 2.53 bits per heavy atom. The van der Waals surface area contributed by atoms with Crippen molar-refractivity contribution in [3.05, 3.63) is 41.7 Å². The molecule has 4 heterocycles. The van der Waals surface area contributed by atoms with Crippen LogP contribution in [0, 0.1) is 16.7 Å². The zero-order valence-electron chi connectivity index (χ0n) is 17.6. The molecule has 0 spiro atoms. The number of urea groups is 1. The third kappa shape index (κ3) is 3.09. The normalized spacial score (nSPS) is 31.8. The van der Waals surface area contributed by atoms with Gasteiger partial charge < -0.3 is 9.80 Å². The van der Waals surface area contributed by atoms with Crippen LogP contribution in [0.2, 0.25) is 0 Å². The van der Waals surface area contributed by atoms with Gasteiger partial charge in [-0.25, -0.2) is 9.78 Å². The summed E-state index contributed by atoms with van der Waals surface area (Å²) in [4.78, 5) is 24.5. The van der Waals surface area contributed by atoms with Crippen LogP contribution in [0.3, 0.4) is 0 Å². The van der Waals surface area contributed by atoms with E-state index in [0.29, 0.717) is 17.9 Å². The SMILES string of the molecule is O=C(N1CC(C23CC(Cc4ccc(C(F)(F)F)nc4)(C2)C3)C1)N1CC[C@H](c2ncn[nH]2)C1. The number of aromatic amines is 1. The lowest BCUT2D eigenvalue weighted by molar-refractivity contribution is -0.253. The second-order valence-corrected chi connectivity index (χ2v) is 10.3. The molecule has 2 aliphatic heterocycles. The number of nitrogens with zero attached hydrogens (tertiary/aromatic N) is 5. The van der Waals surface area contributed by atoms with Gasteiger partial charge in [-0.3, -0.25) is 10.1 Å². The van der Waals surface area contributed by atoms with Gasteiger partial charge in [0.25, 0.3) is 0 Å². The van der Waals surface area contributed by atoms with Gasteiger partial charge in [-0.2, -0.15) is 18.3 Å². The van der Waals surface area contributed by atoms with Gasteiger partial charge in [-0.15, -0.1) is 0 Å².